The van der Waals surface area contributed by atoms with Gasteiger partial charge in [-0.05, 0) is 24.5 Å². The molecule has 138 valence electrons. The van der Waals surface area contributed by atoms with Crippen LogP contribution in [0.1, 0.15) is 16.8 Å². The molecule has 0 radical (unpaired) electrons. The van der Waals surface area contributed by atoms with Crippen molar-refractivity contribution in [3.05, 3.63) is 41.8 Å². The first kappa shape index (κ1) is 19.3. The lowest BCUT2D eigenvalue weighted by Gasteiger charge is -2.19. The predicted molar refractivity (Wildman–Crippen MR) is 84.3 cm³/mol. The highest BCUT2D eigenvalue weighted by Crippen LogP contribution is 2.28. The summed E-state index contributed by atoms with van der Waals surface area (Å²) in [4.78, 5) is 13.9. The van der Waals surface area contributed by atoms with Gasteiger partial charge in [-0.1, -0.05) is 18.7 Å². The van der Waals surface area contributed by atoms with E-state index in [0.29, 0.717) is 13.0 Å². The number of halogens is 3. The minimum Gasteiger partial charge on any atom is -0.405 e. The van der Waals surface area contributed by atoms with Crippen LogP contribution in [0.2, 0.25) is 0 Å². The van der Waals surface area contributed by atoms with E-state index in [1.807, 2.05) is 0 Å². The summed E-state index contributed by atoms with van der Waals surface area (Å²) in [6.45, 7) is 3.86. The largest absolute Gasteiger partial charge is 0.573 e. The van der Waals surface area contributed by atoms with Crippen molar-refractivity contribution in [2.24, 2.45) is 5.92 Å². The van der Waals surface area contributed by atoms with Crippen LogP contribution in [0.25, 0.3) is 0 Å². The van der Waals surface area contributed by atoms with Crippen molar-refractivity contribution in [1.82, 2.24) is 9.62 Å². The number of para-hydroxylation sites is 1. The molecule has 1 atom stereocenters. The van der Waals surface area contributed by atoms with Gasteiger partial charge in [0.1, 0.15) is 5.75 Å². The van der Waals surface area contributed by atoms with E-state index in [-0.39, 0.29) is 24.6 Å². The zero-order chi connectivity index (χ0) is 18.7. The quantitative estimate of drug-likeness (QED) is 0.823. The number of sulfonamides is 1. The lowest BCUT2D eigenvalue weighted by atomic mass is 10.1. The maximum atomic E-state index is 12.5. The summed E-state index contributed by atoms with van der Waals surface area (Å²) < 4.78 is 66.3. The molecular weight excluding hydrogens is 361 g/mol. The van der Waals surface area contributed by atoms with E-state index in [1.165, 1.54) is 23.1 Å². The standard InChI is InChI=1S/C15H17F3N2O4S/c1-2-25(22,23)19-9-11-7-8-20(10-11)14(21)12-5-3-4-6-13(12)24-15(16,17)18/h2-6,11,19H,1,7-10H2/t11-/m1/s1. The maximum absolute atomic E-state index is 12.5. The third kappa shape index (κ3) is 5.46. The van der Waals surface area contributed by atoms with Crippen LogP contribution in [0, 0.1) is 5.92 Å². The lowest BCUT2D eigenvalue weighted by Crippen LogP contribution is -2.32. The Labute approximate surface area is 143 Å². The number of nitrogens with one attached hydrogen (secondary N) is 1. The molecule has 1 aromatic carbocycles. The molecule has 0 saturated carbocycles. The lowest BCUT2D eigenvalue weighted by molar-refractivity contribution is -0.274. The van der Waals surface area contributed by atoms with E-state index >= 15 is 0 Å². The van der Waals surface area contributed by atoms with Crippen molar-refractivity contribution < 1.29 is 31.1 Å². The summed E-state index contributed by atoms with van der Waals surface area (Å²) in [6, 6.07) is 5.13. The highest BCUT2D eigenvalue weighted by Gasteiger charge is 2.34. The predicted octanol–water partition coefficient (Wildman–Crippen LogP) is 2.11. The third-order valence-corrected chi connectivity index (χ3v) is 4.72. The van der Waals surface area contributed by atoms with Gasteiger partial charge in [-0.2, -0.15) is 0 Å². The molecule has 0 aliphatic carbocycles. The van der Waals surface area contributed by atoms with Gasteiger partial charge in [-0.3, -0.25) is 4.79 Å². The molecule has 2 rings (SSSR count). The van der Waals surface area contributed by atoms with E-state index in [0.717, 1.165) is 11.5 Å². The van der Waals surface area contributed by atoms with Gasteiger partial charge in [0.25, 0.3) is 5.91 Å². The molecule has 1 heterocycles. The van der Waals surface area contributed by atoms with Crippen LogP contribution in [0.3, 0.4) is 0 Å². The Morgan fingerprint density at radius 2 is 2.08 bits per heavy atom. The minimum atomic E-state index is -4.90. The molecule has 6 nitrogen and oxygen atoms in total. The molecule has 0 bridgehead atoms. The summed E-state index contributed by atoms with van der Waals surface area (Å²) in [7, 11) is -3.56. The molecule has 0 aromatic heterocycles. The van der Waals surface area contributed by atoms with Crippen LogP contribution in [0.4, 0.5) is 13.2 Å². The number of rotatable bonds is 6. The van der Waals surface area contributed by atoms with E-state index in [9.17, 15) is 26.4 Å². The highest BCUT2D eigenvalue weighted by molar-refractivity contribution is 7.92. The van der Waals surface area contributed by atoms with E-state index in [1.54, 1.807) is 0 Å². The second-order valence-electron chi connectivity index (χ2n) is 5.51. The van der Waals surface area contributed by atoms with Gasteiger partial charge >= 0.3 is 6.36 Å². The summed E-state index contributed by atoms with van der Waals surface area (Å²) in [6.07, 6.45) is -4.36. The third-order valence-electron chi connectivity index (χ3n) is 3.71. The number of carbonyl (C=O) groups excluding carboxylic acids is 1. The molecule has 25 heavy (non-hydrogen) atoms. The van der Waals surface area contributed by atoms with Gasteiger partial charge in [0.2, 0.25) is 10.0 Å². The second kappa shape index (κ2) is 7.44. The average Bonchev–Trinajstić information content (AvgIpc) is 3.00. The number of benzene rings is 1. The fourth-order valence-electron chi connectivity index (χ4n) is 2.50. The van der Waals surface area contributed by atoms with Crippen molar-refractivity contribution >= 4 is 15.9 Å². The summed E-state index contributed by atoms with van der Waals surface area (Å²) in [5.41, 5.74) is -0.188. The van der Waals surface area contributed by atoms with Crippen LogP contribution in [0.5, 0.6) is 5.75 Å². The highest BCUT2D eigenvalue weighted by atomic mass is 32.2. The molecule has 1 aliphatic heterocycles. The summed E-state index contributed by atoms with van der Waals surface area (Å²) >= 11 is 0. The summed E-state index contributed by atoms with van der Waals surface area (Å²) in [5, 5.41) is 0.787. The Hall–Kier alpha value is -2.07. The van der Waals surface area contributed by atoms with Gasteiger partial charge in [0.05, 0.1) is 5.56 Å². The second-order valence-corrected chi connectivity index (χ2v) is 7.22. The Balaban J connectivity index is 2.04. The minimum absolute atomic E-state index is 0.124. The Morgan fingerprint density at radius 1 is 1.40 bits per heavy atom. The molecule has 1 saturated heterocycles. The van der Waals surface area contributed by atoms with Crippen molar-refractivity contribution in [3.63, 3.8) is 0 Å². The van der Waals surface area contributed by atoms with Crippen molar-refractivity contribution in [2.45, 2.75) is 12.8 Å². The van der Waals surface area contributed by atoms with Crippen molar-refractivity contribution in [1.29, 1.82) is 0 Å². The summed E-state index contributed by atoms with van der Waals surface area (Å²) in [5.74, 6) is -1.28. The van der Waals surface area contributed by atoms with Gasteiger partial charge < -0.3 is 9.64 Å². The van der Waals surface area contributed by atoms with Crippen LogP contribution in [-0.4, -0.2) is 45.2 Å². The molecule has 1 amide bonds. The first-order valence-electron chi connectivity index (χ1n) is 7.37. The SMILES string of the molecule is C=CS(=O)(=O)NC[C@H]1CCN(C(=O)c2ccccc2OC(F)(F)F)C1. The Morgan fingerprint density at radius 3 is 2.72 bits per heavy atom. The monoisotopic (exact) mass is 378 g/mol. The normalized spacial score (nSPS) is 18.2. The first-order chi connectivity index (χ1) is 11.6. The molecule has 10 heteroatoms. The van der Waals surface area contributed by atoms with Crippen molar-refractivity contribution in [3.8, 4) is 5.75 Å². The average molecular weight is 378 g/mol. The fourth-order valence-corrected chi connectivity index (χ4v) is 3.09. The Bertz CT molecular complexity index is 749. The van der Waals surface area contributed by atoms with E-state index < -0.39 is 28.0 Å². The molecule has 0 unspecified atom stereocenters. The molecule has 0 spiro atoms. The fraction of sp³-hybridized carbons (Fsp3) is 0.400. The van der Waals surface area contributed by atoms with E-state index in [2.05, 4.69) is 16.0 Å². The molecular formula is C15H17F3N2O4S. The topological polar surface area (TPSA) is 75.7 Å². The number of carbonyl (C=O) groups is 1. The van der Waals surface area contributed by atoms with Gasteiger partial charge in [-0.25, -0.2) is 13.1 Å². The molecule has 1 N–H and O–H groups in total. The number of ether oxygens (including phenoxy) is 1. The van der Waals surface area contributed by atoms with Crippen LogP contribution in [-0.2, 0) is 10.0 Å². The Kier molecular flexibility index (Phi) is 5.73. The number of amides is 1. The van der Waals surface area contributed by atoms with Crippen LogP contribution >= 0.6 is 0 Å². The van der Waals surface area contributed by atoms with E-state index in [4.69, 9.17) is 0 Å². The number of hydrogen-bond acceptors (Lipinski definition) is 4. The number of nitrogens with zero attached hydrogens (tertiary/aromatic N) is 1. The molecule has 1 fully saturated rings. The maximum Gasteiger partial charge on any atom is 0.573 e. The first-order valence-corrected chi connectivity index (χ1v) is 8.92. The molecule has 1 aliphatic rings. The smallest absolute Gasteiger partial charge is 0.405 e. The zero-order valence-electron chi connectivity index (χ0n) is 13.1. The van der Waals surface area contributed by atoms with Gasteiger partial charge in [0, 0.05) is 25.0 Å². The van der Waals surface area contributed by atoms with Crippen LogP contribution in [0.15, 0.2) is 36.3 Å². The van der Waals surface area contributed by atoms with Gasteiger partial charge in [-0.15, -0.1) is 13.2 Å². The number of likely N-dealkylation sites (tertiary alicyclic amines) is 1. The van der Waals surface area contributed by atoms with Crippen molar-refractivity contribution in [2.75, 3.05) is 19.6 Å². The van der Waals surface area contributed by atoms with Gasteiger partial charge in [0.15, 0.2) is 0 Å². The molecule has 1 aromatic rings. The number of hydrogen-bond donors (Lipinski definition) is 1. The van der Waals surface area contributed by atoms with Crippen LogP contribution < -0.4 is 9.46 Å². The number of alkyl halides is 3. The zero-order valence-corrected chi connectivity index (χ0v) is 13.9.